The molecule has 0 spiro atoms. The predicted octanol–water partition coefficient (Wildman–Crippen LogP) is 10.1. The summed E-state index contributed by atoms with van der Waals surface area (Å²) in [5.41, 5.74) is -0.996. The molecule has 0 radical (unpaired) electrons. The zero-order chi connectivity index (χ0) is 34.1. The number of hydrogen-bond acceptors (Lipinski definition) is 8. The number of hydrogen-bond donors (Lipinski definition) is 0. The molecule has 14 heteroatoms. The average molecular weight is 757 g/mol. The lowest BCUT2D eigenvalue weighted by Gasteiger charge is -2.26. The van der Waals surface area contributed by atoms with E-state index in [1.807, 2.05) is 0 Å². The van der Waals surface area contributed by atoms with Gasteiger partial charge in [0.15, 0.2) is 11.5 Å². The van der Waals surface area contributed by atoms with Crippen molar-refractivity contribution in [2.45, 2.75) is 66.2 Å². The van der Waals surface area contributed by atoms with Crippen molar-refractivity contribution in [3.63, 3.8) is 0 Å². The van der Waals surface area contributed by atoms with Crippen molar-refractivity contribution in [1.29, 1.82) is 0 Å². The normalized spacial score (nSPS) is 19.9. The van der Waals surface area contributed by atoms with Crippen LogP contribution < -0.4 is 9.47 Å². The zero-order valence-corrected chi connectivity index (χ0v) is 30.0. The molecule has 2 atom stereocenters. The Morgan fingerprint density at radius 1 is 0.630 bits per heavy atom. The molecule has 0 aromatic heterocycles. The Kier molecular flexibility index (Phi) is 11.8. The zero-order valence-electron chi connectivity index (χ0n) is 25.5. The summed E-state index contributed by atoms with van der Waals surface area (Å²) in [6.45, 7) is 8.50. The van der Waals surface area contributed by atoms with Crippen LogP contribution in [0, 0.1) is 22.7 Å². The molecule has 2 fully saturated rings. The molecule has 0 saturated heterocycles. The fourth-order valence-corrected chi connectivity index (χ4v) is 7.34. The smallest absolute Gasteiger partial charge is 0.423 e. The summed E-state index contributed by atoms with van der Waals surface area (Å²) in [4.78, 5) is 52.4. The lowest BCUT2D eigenvalue weighted by atomic mass is 9.82. The third kappa shape index (κ3) is 8.01. The minimum atomic E-state index is -1.64. The lowest BCUT2D eigenvalue weighted by molar-refractivity contribution is -0.156. The number of benzene rings is 2. The van der Waals surface area contributed by atoms with Gasteiger partial charge in [0.1, 0.15) is 11.1 Å². The van der Waals surface area contributed by atoms with E-state index in [0.717, 1.165) is 50.7 Å². The highest BCUT2D eigenvalue weighted by molar-refractivity contribution is 6.47. The summed E-state index contributed by atoms with van der Waals surface area (Å²) in [5.74, 6) is -6.17. The molecule has 250 valence electrons. The highest BCUT2D eigenvalue weighted by atomic mass is 35.5. The average Bonchev–Trinajstić information content (AvgIpc) is 3.50. The third-order valence-corrected chi connectivity index (χ3v) is 11.1. The van der Waals surface area contributed by atoms with Gasteiger partial charge in [-0.05, 0) is 60.5 Å². The number of carbonyl (C=O) groups is 4. The summed E-state index contributed by atoms with van der Waals surface area (Å²) in [7, 11) is 0. The molecule has 2 aromatic rings. The van der Waals surface area contributed by atoms with Gasteiger partial charge in [0.05, 0.1) is 43.3 Å². The number of ether oxygens (including phenoxy) is 4. The van der Waals surface area contributed by atoms with Crippen LogP contribution in [0.25, 0.3) is 0 Å². The number of esters is 4. The molecule has 0 amide bonds. The molecule has 8 nitrogen and oxygen atoms in total. The maximum atomic E-state index is 13.2. The van der Waals surface area contributed by atoms with E-state index in [9.17, 15) is 19.2 Å². The Hall–Kier alpha value is -1.94. The first kappa shape index (κ1) is 36.9. The first-order valence-electron chi connectivity index (χ1n) is 14.6. The number of halogens is 6. The summed E-state index contributed by atoms with van der Waals surface area (Å²) in [6, 6.07) is 2.26. The van der Waals surface area contributed by atoms with Crippen molar-refractivity contribution in [2.75, 3.05) is 13.2 Å². The number of rotatable bonds is 8. The lowest BCUT2D eigenvalue weighted by Crippen LogP contribution is -2.28. The highest BCUT2D eigenvalue weighted by Crippen LogP contribution is 2.45. The van der Waals surface area contributed by atoms with Gasteiger partial charge >= 0.3 is 23.9 Å². The molecule has 0 N–H and O–H groups in total. The maximum Gasteiger partial charge on any atom is 0.423 e. The molecule has 2 aliphatic rings. The van der Waals surface area contributed by atoms with Gasteiger partial charge < -0.3 is 18.9 Å². The molecule has 2 aliphatic carbocycles. The summed E-state index contributed by atoms with van der Waals surface area (Å²) >= 11 is 37.5. The minimum absolute atomic E-state index is 0.0424. The van der Waals surface area contributed by atoms with E-state index in [1.54, 1.807) is 0 Å². The second-order valence-electron chi connectivity index (χ2n) is 12.8. The van der Waals surface area contributed by atoms with Gasteiger partial charge in [-0.2, -0.15) is 0 Å². The van der Waals surface area contributed by atoms with E-state index in [1.165, 1.54) is 0 Å². The molecule has 2 saturated carbocycles. The van der Waals surface area contributed by atoms with Crippen LogP contribution in [0.4, 0.5) is 0 Å². The van der Waals surface area contributed by atoms with Crippen LogP contribution in [-0.2, 0) is 19.1 Å². The molecule has 2 aromatic carbocycles. The van der Waals surface area contributed by atoms with Crippen molar-refractivity contribution in [3.05, 3.63) is 53.4 Å². The summed E-state index contributed by atoms with van der Waals surface area (Å²) in [5, 5.41) is -1.46. The topological polar surface area (TPSA) is 105 Å². The monoisotopic (exact) mass is 754 g/mol. The second-order valence-corrected chi connectivity index (χ2v) is 15.2. The SMILES string of the molecule is CC1(C)CCCC1COC(=O)c1c(Cl)c(Cl)cc(Cl)c1OC(=O)C(=O)Oc1c(Cl)cc(Cl)c(Cl)c1C(=O)OCC1CCCC1(C)C. The third-order valence-electron chi connectivity index (χ3n) is 9.01. The Morgan fingerprint density at radius 2 is 0.978 bits per heavy atom. The highest BCUT2D eigenvalue weighted by Gasteiger charge is 2.38. The number of carbonyl (C=O) groups excluding carboxylic acids is 4. The largest absolute Gasteiger partial charge is 0.462 e. The Labute approximate surface area is 297 Å². The Morgan fingerprint density at radius 3 is 1.28 bits per heavy atom. The van der Waals surface area contributed by atoms with Crippen molar-refractivity contribution in [1.82, 2.24) is 0 Å². The van der Waals surface area contributed by atoms with E-state index in [-0.39, 0.29) is 66.0 Å². The van der Waals surface area contributed by atoms with Gasteiger partial charge in [0.25, 0.3) is 0 Å². The van der Waals surface area contributed by atoms with Gasteiger partial charge in [-0.15, -0.1) is 0 Å². The van der Waals surface area contributed by atoms with Gasteiger partial charge in [-0.1, -0.05) is 110 Å². The molecule has 0 aliphatic heterocycles. The molecular formula is C32H32Cl6O8. The Bertz CT molecular complexity index is 1460. The van der Waals surface area contributed by atoms with E-state index in [4.69, 9.17) is 88.6 Å². The molecule has 0 heterocycles. The van der Waals surface area contributed by atoms with Gasteiger partial charge in [0, 0.05) is 0 Å². The quantitative estimate of drug-likeness (QED) is 0.113. The van der Waals surface area contributed by atoms with Crippen LogP contribution in [0.1, 0.15) is 86.9 Å². The fraction of sp³-hybridized carbons (Fsp3) is 0.500. The van der Waals surface area contributed by atoms with Crippen LogP contribution >= 0.6 is 69.6 Å². The van der Waals surface area contributed by atoms with Crippen molar-refractivity contribution < 1.29 is 38.1 Å². The van der Waals surface area contributed by atoms with Crippen molar-refractivity contribution in [3.8, 4) is 11.5 Å². The first-order valence-corrected chi connectivity index (χ1v) is 16.8. The van der Waals surface area contributed by atoms with Gasteiger partial charge in [0.2, 0.25) is 0 Å². The van der Waals surface area contributed by atoms with Crippen molar-refractivity contribution >= 4 is 93.5 Å². The molecule has 2 unspecified atom stereocenters. The van der Waals surface area contributed by atoms with Crippen LogP contribution in [0.5, 0.6) is 11.5 Å². The van der Waals surface area contributed by atoms with Crippen LogP contribution in [0.15, 0.2) is 12.1 Å². The molecular weight excluding hydrogens is 725 g/mol. The fourth-order valence-electron chi connectivity index (χ4n) is 5.90. The Balaban J connectivity index is 1.55. The maximum absolute atomic E-state index is 13.2. The standard InChI is InChI=1S/C32H32Cl6O8/c1-31(2)9-5-7-15(31)13-43-27(39)21-23(37)17(33)11-19(35)25(21)45-29(41)30(42)46-26-20(36)12-18(34)24(38)22(26)28(40)44-14-16-8-6-10-32(16,3)4/h11-12,15-16H,5-10,13-14H2,1-4H3. The minimum Gasteiger partial charge on any atom is -0.462 e. The van der Waals surface area contributed by atoms with Crippen LogP contribution in [0.3, 0.4) is 0 Å². The van der Waals surface area contributed by atoms with Crippen molar-refractivity contribution in [2.24, 2.45) is 22.7 Å². The summed E-state index contributed by atoms with van der Waals surface area (Å²) < 4.78 is 21.5. The second kappa shape index (κ2) is 14.7. The molecule has 4 rings (SSSR count). The van der Waals surface area contributed by atoms with E-state index in [0.29, 0.717) is 0 Å². The van der Waals surface area contributed by atoms with Crippen LogP contribution in [0.2, 0.25) is 30.1 Å². The van der Waals surface area contributed by atoms with E-state index >= 15 is 0 Å². The predicted molar refractivity (Wildman–Crippen MR) is 177 cm³/mol. The van der Waals surface area contributed by atoms with E-state index in [2.05, 4.69) is 27.7 Å². The first-order chi connectivity index (χ1) is 21.4. The van der Waals surface area contributed by atoms with E-state index < -0.39 is 46.5 Å². The summed E-state index contributed by atoms with van der Waals surface area (Å²) in [6.07, 6.45) is 5.67. The van der Waals surface area contributed by atoms with Gasteiger partial charge in [-0.3, -0.25) is 0 Å². The van der Waals surface area contributed by atoms with Crippen LogP contribution in [-0.4, -0.2) is 37.1 Å². The van der Waals surface area contributed by atoms with Gasteiger partial charge in [-0.25, -0.2) is 19.2 Å². The molecule has 0 bridgehead atoms. The molecule has 46 heavy (non-hydrogen) atoms.